The maximum atomic E-state index is 14.2. The van der Waals surface area contributed by atoms with Gasteiger partial charge < -0.3 is 189 Å². The average molecular weight is 1880 g/mol. The lowest BCUT2D eigenvalue weighted by Crippen LogP contribution is -2.68. The smallest absolute Gasteiger partial charge is 0.238 e. The minimum Gasteiger partial charge on any atom is -0.394 e. The minimum absolute atomic E-state index is 0.0233. The maximum absolute atomic E-state index is 14.2. The fourth-order valence-electron chi connectivity index (χ4n) is 14.3. The summed E-state index contributed by atoms with van der Waals surface area (Å²) < 4.78 is 95.5. The van der Waals surface area contributed by atoms with Gasteiger partial charge in [0.05, 0.1) is 83.6 Å². The molecule has 14 unspecified atom stereocenters. The van der Waals surface area contributed by atoms with Gasteiger partial charge >= 0.3 is 0 Å². The Morgan fingerprint density at radius 3 is 0.992 bits per heavy atom. The summed E-state index contributed by atoms with van der Waals surface area (Å²) in [5.41, 5.74) is 0. The number of aliphatic hydroxyl groups excluding tert-OH is 19. The third-order valence-corrected chi connectivity index (χ3v) is 28.0. The van der Waals surface area contributed by atoms with E-state index in [0.29, 0.717) is 16.5 Å². The number of likely N-dealkylation sites (N-methyl/N-ethyl adjacent to an activating group) is 1. The van der Waals surface area contributed by atoms with Crippen LogP contribution in [0.3, 0.4) is 0 Å². The molecule has 21 saturated heterocycles. The Morgan fingerprint density at radius 2 is 0.691 bits per heavy atom. The molecule has 123 heavy (non-hydrogen) atoms. The normalized spacial score (nSPS) is 39.4. The first-order chi connectivity index (χ1) is 59.1. The van der Waals surface area contributed by atoms with Crippen LogP contribution in [-0.4, -0.2) is 465 Å². The van der Waals surface area contributed by atoms with Crippen molar-refractivity contribution in [2.75, 3.05) is 114 Å². The van der Waals surface area contributed by atoms with E-state index in [0.717, 1.165) is 28.5 Å². The number of ketones is 2. The van der Waals surface area contributed by atoms with Gasteiger partial charge in [-0.05, 0) is 59.8 Å². The van der Waals surface area contributed by atoms with E-state index in [-0.39, 0.29) is 81.8 Å². The van der Waals surface area contributed by atoms with Crippen LogP contribution in [0.5, 0.6) is 0 Å². The van der Waals surface area contributed by atoms with Gasteiger partial charge in [0.2, 0.25) is 11.8 Å². The second-order valence-corrected chi connectivity index (χ2v) is 36.8. The Morgan fingerprint density at radius 1 is 0.390 bits per heavy atom. The lowest BCUT2D eigenvalue weighted by molar-refractivity contribution is -0.395. The van der Waals surface area contributed by atoms with Gasteiger partial charge in [-0.25, -0.2) is 9.97 Å². The van der Waals surface area contributed by atoms with E-state index >= 15 is 0 Å². The third kappa shape index (κ3) is 27.5. The molecular weight excluding hydrogens is 1760 g/mol. The topological polar surface area (TPSA) is 662 Å². The van der Waals surface area contributed by atoms with Gasteiger partial charge in [-0.1, -0.05) is 33.7 Å². The molecule has 22 N–H and O–H groups in total. The quantitative estimate of drug-likeness (QED) is 0.0221. The molecule has 0 saturated carbocycles. The molecular formula is C73H113N5O39S6. The number of Topliss-reactive ketones (excluding diaryl/α,β-unsaturated/α-hetero) is 2. The number of rotatable bonds is 37. The van der Waals surface area contributed by atoms with Crippen LogP contribution in [0.25, 0.3) is 0 Å². The number of aromatic nitrogens is 2. The average Bonchev–Trinajstić information content (AvgIpc) is 0.886. The number of amides is 2. The van der Waals surface area contributed by atoms with Crippen molar-refractivity contribution in [3.8, 4) is 0 Å². The first kappa shape index (κ1) is 102. The molecule has 37 atom stereocenters. The molecule has 23 rings (SSSR count). The predicted octanol–water partition coefficient (Wildman–Crippen LogP) is -9.28. The Kier molecular flexibility index (Phi) is 42.2. The molecule has 0 aliphatic carbocycles. The molecule has 700 valence electrons. The van der Waals surface area contributed by atoms with E-state index in [1.807, 2.05) is 18.2 Å². The SMILES string of the molecule is CN[C@H](CSCC1O[C@@H]2O[C@@H]3C(CO)OC(O[C@@H]4C(CO)OC(O[C@@H]5C(CO)O[C@H](O[C@@H]6C(CSC[C@@H](CC(=O)CCOCCOCCC(C)=O)C(=O)NCCSSc7ccccn7)O[C@H](O[C@@H]7C(CO)O[C@@H](O[C@@H]8C(CO)O[C@@H](O[C@H]1[C@H](O)C2O)C(O)[C@H]8O)C(O)[C@H]7O)C(O)[C@H]6O)C(O)[C@H]5O)[C@@H](O)[C@H]4O)[C@@H](O)[C@H]3O)C(=O)NCCSSc1ccccn1. The molecule has 44 nitrogen and oxygen atoms in total. The number of hydrogen-bond donors (Lipinski definition) is 22. The van der Waals surface area contributed by atoms with E-state index in [1.165, 1.54) is 57.1 Å². The van der Waals surface area contributed by atoms with Crippen molar-refractivity contribution in [1.82, 2.24) is 25.9 Å². The first-order valence-electron chi connectivity index (χ1n) is 39.8. The predicted molar refractivity (Wildman–Crippen MR) is 428 cm³/mol. The second kappa shape index (κ2) is 50.8. The van der Waals surface area contributed by atoms with Gasteiger partial charge in [-0.2, -0.15) is 23.5 Å². The standard InChI is InChI=1S/C73H113N5O39S6/c1-31(84)9-15-102-17-18-103-16-10-33(85)21-32(65(100)77-13-19-120-122-42-7-3-5-11-75-42)27-118-29-40-63-49(91)56(98)72(109-40)114-61-38(25-82)105-69(52(94)45(61)87)113-60-37(24-81)108-71(55(97)48(60)90)117-64-41(30-119-28-34(74-2)66(101)78-14-20-121-123-43-8-4-6-12-76-43)110-73(57(99)50(64)92)115-62-39(26-83)106-68(53(95)46(62)88)111-58-35(22-79)104-67(51(93)44(58)86)112-59-36(23-80)107-70(116-63)54(96)47(59)89/h3-8,11-12,32,34-41,44-64,67-74,79-83,86-99H,9-10,13-30H2,1-2H3,(H,77,100)(H,78,101)/t32-,34-,35?,36?,37?,38?,39?,40?,41?,44-,45-,46-,47-,48-,49-,50-,51+,52?,53+,54?,55?,56?,57?,58-,59-,60-,61-,62-,63-,64-,67?,68?,69+,70-,71+,72-,73-/m1/s1. The van der Waals surface area contributed by atoms with Gasteiger partial charge in [0.1, 0.15) is 180 Å². The highest BCUT2D eigenvalue weighted by atomic mass is 33.1. The molecule has 0 radical (unpaired) electrons. The molecule has 21 fully saturated rings. The summed E-state index contributed by atoms with van der Waals surface area (Å²) in [6.45, 7) is -3.37. The summed E-state index contributed by atoms with van der Waals surface area (Å²) >= 11 is 1.96. The van der Waals surface area contributed by atoms with Crippen molar-refractivity contribution >= 4 is 90.1 Å². The van der Waals surface area contributed by atoms with Crippen molar-refractivity contribution in [3.05, 3.63) is 48.8 Å². The number of carbonyl (C=O) groups excluding carboxylic acids is 4. The second-order valence-electron chi connectivity index (χ2n) is 29.8. The van der Waals surface area contributed by atoms with Crippen molar-refractivity contribution in [2.45, 2.75) is 257 Å². The Labute approximate surface area is 730 Å². The molecule has 14 bridgehead atoms. The first-order valence-corrected chi connectivity index (χ1v) is 46.8. The Balaban J connectivity index is 0.912. The zero-order valence-corrected chi connectivity index (χ0v) is 71.5. The summed E-state index contributed by atoms with van der Waals surface area (Å²) in [4.78, 5) is 61.3. The van der Waals surface area contributed by atoms with E-state index in [1.54, 1.807) is 30.6 Å². The maximum Gasteiger partial charge on any atom is 0.238 e. The molecule has 21 aliphatic rings. The molecule has 2 amide bonds. The van der Waals surface area contributed by atoms with Crippen LogP contribution in [0.4, 0.5) is 0 Å². The number of aliphatic hydroxyl groups is 19. The fourth-order valence-corrected chi connectivity index (χ4v) is 20.3. The van der Waals surface area contributed by atoms with Crippen LogP contribution >= 0.6 is 66.7 Å². The molecule has 50 heteroatoms. The zero-order chi connectivity index (χ0) is 88.7. The van der Waals surface area contributed by atoms with Crippen LogP contribution in [-0.2, 0) is 95.0 Å². The van der Waals surface area contributed by atoms with Crippen LogP contribution in [0.15, 0.2) is 58.8 Å². The Hall–Kier alpha value is -2.76. The lowest BCUT2D eigenvalue weighted by atomic mass is 9.95. The third-order valence-electron chi connectivity index (χ3n) is 21.1. The molecule has 23 heterocycles. The zero-order valence-electron chi connectivity index (χ0n) is 66.6. The Bertz CT molecular complexity index is 3460. The number of carbonyl (C=O) groups is 4. The highest BCUT2D eigenvalue weighted by Gasteiger charge is 2.60. The monoisotopic (exact) mass is 1880 g/mol. The van der Waals surface area contributed by atoms with Crippen LogP contribution < -0.4 is 16.0 Å². The van der Waals surface area contributed by atoms with Crippen molar-refractivity contribution < 1.29 is 192 Å². The van der Waals surface area contributed by atoms with Gasteiger partial charge in [-0.3, -0.25) is 19.2 Å². The highest BCUT2D eigenvalue weighted by Crippen LogP contribution is 2.41. The number of ether oxygens (including phenoxy) is 16. The number of pyridine rings is 2. The van der Waals surface area contributed by atoms with E-state index < -0.39 is 283 Å². The molecule has 0 spiro atoms. The fraction of sp³-hybridized carbons (Fsp3) is 0.808. The van der Waals surface area contributed by atoms with Gasteiger partial charge in [0.15, 0.2) is 44.0 Å². The number of nitrogens with one attached hydrogen (secondary N) is 3. The largest absolute Gasteiger partial charge is 0.394 e. The van der Waals surface area contributed by atoms with Crippen molar-refractivity contribution in [3.63, 3.8) is 0 Å². The van der Waals surface area contributed by atoms with Gasteiger partial charge in [0, 0.05) is 79.3 Å². The summed E-state index contributed by atoms with van der Waals surface area (Å²) in [6, 6.07) is 9.91. The van der Waals surface area contributed by atoms with E-state index in [4.69, 9.17) is 75.8 Å². The highest BCUT2D eigenvalue weighted by molar-refractivity contribution is 8.77. The minimum atomic E-state index is -2.30. The van der Waals surface area contributed by atoms with Crippen molar-refractivity contribution in [2.24, 2.45) is 5.92 Å². The molecule has 2 aromatic heterocycles. The molecule has 21 aliphatic heterocycles. The molecule has 2 aromatic rings. The van der Waals surface area contributed by atoms with Gasteiger partial charge in [-0.15, -0.1) is 0 Å². The van der Waals surface area contributed by atoms with Crippen LogP contribution in [0.1, 0.15) is 26.2 Å². The van der Waals surface area contributed by atoms with Crippen molar-refractivity contribution in [1.29, 1.82) is 0 Å². The summed E-state index contributed by atoms with van der Waals surface area (Å²) in [5, 5.41) is 231. The van der Waals surface area contributed by atoms with E-state index in [9.17, 15) is 116 Å². The summed E-state index contributed by atoms with van der Waals surface area (Å²) in [7, 11) is 7.12. The summed E-state index contributed by atoms with van der Waals surface area (Å²) in [6.07, 6.45) is -69.3. The van der Waals surface area contributed by atoms with Crippen LogP contribution in [0, 0.1) is 5.92 Å². The number of hydrogen-bond acceptors (Lipinski definition) is 48. The van der Waals surface area contributed by atoms with Crippen LogP contribution in [0.2, 0.25) is 0 Å². The molecule has 0 aromatic carbocycles. The van der Waals surface area contributed by atoms with Gasteiger partial charge in [0.25, 0.3) is 0 Å². The lowest BCUT2D eigenvalue weighted by Gasteiger charge is -2.50. The number of nitrogens with zero attached hydrogens (tertiary/aromatic N) is 2. The van der Waals surface area contributed by atoms with E-state index in [2.05, 4.69) is 25.9 Å². The summed E-state index contributed by atoms with van der Waals surface area (Å²) in [5.74, 6) is -2.59. The number of thioether (sulfide) groups is 2.